The Bertz CT molecular complexity index is 911. The number of hydrogen-bond donors (Lipinski definition) is 1. The van der Waals surface area contributed by atoms with Crippen LogP contribution in [0.2, 0.25) is 0 Å². The molecule has 0 unspecified atom stereocenters. The molecule has 148 valence electrons. The van der Waals surface area contributed by atoms with Gasteiger partial charge in [-0.2, -0.15) is 0 Å². The Balaban J connectivity index is 1.79. The van der Waals surface area contributed by atoms with Gasteiger partial charge in [0.05, 0.1) is 0 Å². The van der Waals surface area contributed by atoms with Gasteiger partial charge in [0.1, 0.15) is 6.04 Å². The van der Waals surface area contributed by atoms with Gasteiger partial charge in [-0.3, -0.25) is 9.59 Å². The van der Waals surface area contributed by atoms with Gasteiger partial charge in [-0.05, 0) is 23.1 Å². The van der Waals surface area contributed by atoms with E-state index in [4.69, 9.17) is 0 Å². The summed E-state index contributed by atoms with van der Waals surface area (Å²) in [5, 5.41) is 3.02. The predicted molar refractivity (Wildman–Crippen MR) is 115 cm³/mol. The third-order valence-electron chi connectivity index (χ3n) is 4.83. The van der Waals surface area contributed by atoms with Crippen LogP contribution < -0.4 is 5.32 Å². The molecule has 29 heavy (non-hydrogen) atoms. The van der Waals surface area contributed by atoms with Gasteiger partial charge in [-0.25, -0.2) is 0 Å². The predicted octanol–water partition coefficient (Wildman–Crippen LogP) is 4.14. The summed E-state index contributed by atoms with van der Waals surface area (Å²) in [4.78, 5) is 27.3. The Morgan fingerprint density at radius 3 is 1.86 bits per heavy atom. The fraction of sp³-hybridized carbons (Fsp3) is 0.200. The van der Waals surface area contributed by atoms with E-state index in [2.05, 4.69) is 5.32 Å². The monoisotopic (exact) mass is 386 g/mol. The lowest BCUT2D eigenvalue weighted by atomic mass is 10.0. The number of benzene rings is 3. The van der Waals surface area contributed by atoms with Gasteiger partial charge in [-0.1, -0.05) is 91.0 Å². The van der Waals surface area contributed by atoms with Gasteiger partial charge < -0.3 is 10.2 Å². The molecule has 0 radical (unpaired) electrons. The van der Waals surface area contributed by atoms with Crippen molar-refractivity contribution in [1.29, 1.82) is 0 Å². The van der Waals surface area contributed by atoms with Crippen LogP contribution in [0.4, 0.5) is 0 Å². The van der Waals surface area contributed by atoms with Gasteiger partial charge in [-0.15, -0.1) is 0 Å². The van der Waals surface area contributed by atoms with Crippen LogP contribution in [0.5, 0.6) is 0 Å². The summed E-state index contributed by atoms with van der Waals surface area (Å²) in [6.07, 6.45) is 0.743. The SMILES string of the molecule is CC(=O)N(Cc1ccccc1)[C@H](C(=O)NCCc1ccccc1)c1ccccc1. The molecule has 0 saturated heterocycles. The molecule has 2 amide bonds. The molecule has 1 N–H and O–H groups in total. The van der Waals surface area contributed by atoms with E-state index in [0.29, 0.717) is 13.1 Å². The zero-order valence-corrected chi connectivity index (χ0v) is 16.6. The third-order valence-corrected chi connectivity index (χ3v) is 4.83. The standard InChI is InChI=1S/C25H26N2O2/c1-20(28)27(19-22-13-7-3-8-14-22)24(23-15-9-4-10-16-23)25(29)26-18-17-21-11-5-2-6-12-21/h2-16,24H,17-19H2,1H3,(H,26,29)/t24-/m0/s1. The molecule has 1 atom stereocenters. The highest BCUT2D eigenvalue weighted by atomic mass is 16.2. The molecule has 0 aliphatic heterocycles. The Hall–Kier alpha value is -3.40. The summed E-state index contributed by atoms with van der Waals surface area (Å²) in [5.41, 5.74) is 2.95. The van der Waals surface area contributed by atoms with Crippen molar-refractivity contribution in [3.05, 3.63) is 108 Å². The minimum atomic E-state index is -0.676. The van der Waals surface area contributed by atoms with Crippen molar-refractivity contribution in [2.75, 3.05) is 6.54 Å². The molecule has 0 spiro atoms. The first-order valence-corrected chi connectivity index (χ1v) is 9.83. The minimum Gasteiger partial charge on any atom is -0.354 e. The van der Waals surface area contributed by atoms with Crippen LogP contribution in [0, 0.1) is 0 Å². The van der Waals surface area contributed by atoms with E-state index in [1.54, 1.807) is 4.90 Å². The van der Waals surface area contributed by atoms with Gasteiger partial charge in [0.2, 0.25) is 11.8 Å². The van der Waals surface area contributed by atoms with Crippen molar-refractivity contribution in [1.82, 2.24) is 10.2 Å². The van der Waals surface area contributed by atoms with E-state index in [9.17, 15) is 9.59 Å². The molecule has 3 aromatic rings. The van der Waals surface area contributed by atoms with E-state index in [1.165, 1.54) is 6.92 Å². The summed E-state index contributed by atoms with van der Waals surface area (Å²) in [5.74, 6) is -0.306. The molecule has 3 aromatic carbocycles. The summed E-state index contributed by atoms with van der Waals surface area (Å²) in [6, 6.07) is 28.6. The second kappa shape index (κ2) is 10.2. The summed E-state index contributed by atoms with van der Waals surface area (Å²) in [6.45, 7) is 2.40. The molecule has 0 aliphatic carbocycles. The highest BCUT2D eigenvalue weighted by Gasteiger charge is 2.29. The molecule has 0 aromatic heterocycles. The lowest BCUT2D eigenvalue weighted by molar-refractivity contribution is -0.140. The molecule has 0 heterocycles. The average Bonchev–Trinajstić information content (AvgIpc) is 2.75. The van der Waals surface area contributed by atoms with E-state index >= 15 is 0 Å². The normalized spacial score (nSPS) is 11.5. The van der Waals surface area contributed by atoms with E-state index in [1.807, 2.05) is 91.0 Å². The zero-order valence-electron chi connectivity index (χ0n) is 16.6. The number of nitrogens with one attached hydrogen (secondary N) is 1. The number of nitrogens with zero attached hydrogens (tertiary/aromatic N) is 1. The molecule has 0 fully saturated rings. The number of amides is 2. The number of carbonyl (C=O) groups is 2. The van der Waals surface area contributed by atoms with Crippen molar-refractivity contribution in [3.63, 3.8) is 0 Å². The van der Waals surface area contributed by atoms with Gasteiger partial charge >= 0.3 is 0 Å². The molecule has 3 rings (SSSR count). The van der Waals surface area contributed by atoms with Gasteiger partial charge in [0.25, 0.3) is 0 Å². The average molecular weight is 386 g/mol. The Labute approximate surface area is 172 Å². The van der Waals surface area contributed by atoms with Gasteiger partial charge in [0, 0.05) is 20.0 Å². The summed E-state index contributed by atoms with van der Waals surface area (Å²) < 4.78 is 0. The summed E-state index contributed by atoms with van der Waals surface area (Å²) >= 11 is 0. The maximum absolute atomic E-state index is 13.2. The maximum Gasteiger partial charge on any atom is 0.247 e. The molecular weight excluding hydrogens is 360 g/mol. The highest BCUT2D eigenvalue weighted by Crippen LogP contribution is 2.23. The lowest BCUT2D eigenvalue weighted by Gasteiger charge is -2.30. The van der Waals surface area contributed by atoms with Crippen LogP contribution in [0.25, 0.3) is 0 Å². The summed E-state index contributed by atoms with van der Waals surface area (Å²) in [7, 11) is 0. The van der Waals surface area contributed by atoms with Crippen molar-refractivity contribution >= 4 is 11.8 Å². The second-order valence-corrected chi connectivity index (χ2v) is 6.97. The van der Waals surface area contributed by atoms with Crippen molar-refractivity contribution < 1.29 is 9.59 Å². The number of hydrogen-bond acceptors (Lipinski definition) is 2. The highest BCUT2D eigenvalue weighted by molar-refractivity contribution is 5.88. The smallest absolute Gasteiger partial charge is 0.247 e. The minimum absolute atomic E-state index is 0.138. The van der Waals surface area contributed by atoms with Crippen LogP contribution in [0.1, 0.15) is 29.7 Å². The second-order valence-electron chi connectivity index (χ2n) is 6.97. The van der Waals surface area contributed by atoms with Gasteiger partial charge in [0.15, 0.2) is 0 Å². The van der Waals surface area contributed by atoms with Crippen LogP contribution in [-0.2, 0) is 22.6 Å². The largest absolute Gasteiger partial charge is 0.354 e. The van der Waals surface area contributed by atoms with Crippen LogP contribution >= 0.6 is 0 Å². The van der Waals surface area contributed by atoms with E-state index in [0.717, 1.165) is 23.1 Å². The first-order valence-electron chi connectivity index (χ1n) is 9.83. The molecule has 0 aliphatic rings. The Kier molecular flexibility index (Phi) is 7.17. The first-order chi connectivity index (χ1) is 14.1. The van der Waals surface area contributed by atoms with Crippen molar-refractivity contribution in [3.8, 4) is 0 Å². The zero-order chi connectivity index (χ0) is 20.5. The lowest BCUT2D eigenvalue weighted by Crippen LogP contribution is -2.43. The first kappa shape index (κ1) is 20.3. The quantitative estimate of drug-likeness (QED) is 0.633. The Morgan fingerprint density at radius 2 is 1.31 bits per heavy atom. The third kappa shape index (κ3) is 5.79. The van der Waals surface area contributed by atoms with Crippen molar-refractivity contribution in [2.45, 2.75) is 25.9 Å². The van der Waals surface area contributed by atoms with Crippen LogP contribution in [0.3, 0.4) is 0 Å². The van der Waals surface area contributed by atoms with Crippen molar-refractivity contribution in [2.24, 2.45) is 0 Å². The van der Waals surface area contributed by atoms with Crippen LogP contribution in [-0.4, -0.2) is 23.3 Å². The Morgan fingerprint density at radius 1 is 0.793 bits per heavy atom. The topological polar surface area (TPSA) is 49.4 Å². The van der Waals surface area contributed by atoms with E-state index < -0.39 is 6.04 Å². The molecule has 4 heteroatoms. The number of carbonyl (C=O) groups excluding carboxylic acids is 2. The molecule has 0 bridgehead atoms. The molecule has 0 saturated carbocycles. The number of rotatable bonds is 8. The molecule has 4 nitrogen and oxygen atoms in total. The maximum atomic E-state index is 13.2. The fourth-order valence-electron chi connectivity index (χ4n) is 3.34. The van der Waals surface area contributed by atoms with Crippen LogP contribution in [0.15, 0.2) is 91.0 Å². The fourth-order valence-corrected chi connectivity index (χ4v) is 3.34. The van der Waals surface area contributed by atoms with E-state index in [-0.39, 0.29) is 11.8 Å². The molecular formula is C25H26N2O2.